The zero-order valence-electron chi connectivity index (χ0n) is 18.6. The maximum Gasteiger partial charge on any atom is 0.488 e. The molecule has 1 aromatic carbocycles. The molecule has 188 valence electrons. The van der Waals surface area contributed by atoms with Gasteiger partial charge in [-0.05, 0) is 24.3 Å². The summed E-state index contributed by atoms with van der Waals surface area (Å²) in [5.41, 5.74) is 5.35. The molecule has 2 saturated heterocycles. The standard InChI is InChI=1S/C19H19BClN5O8PS/c1-8(27)30-7-32-35(20)31-6-11-14(34-35)13(28)17(33-11)26-15-12(16(29)25-18(22)24-15)23-19(26)36-10-4-2-9(21)3-5-10/h2-5,11,13-14,17,28H,6-7H2,1H3,(H3,22,24,25,29)/q+1/t11-,13+,14+,17-,35?/m1/s1. The average Bonchev–Trinajstić information content (AvgIpc) is 3.32. The van der Waals surface area contributed by atoms with Gasteiger partial charge in [-0.3, -0.25) is 19.1 Å². The van der Waals surface area contributed by atoms with E-state index in [4.69, 9.17) is 47.9 Å². The first-order valence-corrected chi connectivity index (χ1v) is 13.3. The number of rotatable bonds is 6. The molecule has 4 N–H and O–H groups in total. The number of ether oxygens (including phenoxy) is 2. The molecular weight excluding hydrogens is 536 g/mol. The Morgan fingerprint density at radius 2 is 2.17 bits per heavy atom. The highest BCUT2D eigenvalue weighted by molar-refractivity contribution is 7.99. The van der Waals surface area contributed by atoms with E-state index in [0.29, 0.717) is 10.2 Å². The number of nitrogens with one attached hydrogen (secondary N) is 1. The lowest BCUT2D eigenvalue weighted by Gasteiger charge is -2.30. The number of nitrogen functional groups attached to an aromatic ring is 1. The molecule has 2 aliphatic heterocycles. The minimum Gasteiger partial charge on any atom is -0.434 e. The summed E-state index contributed by atoms with van der Waals surface area (Å²) < 4.78 is 28.9. The number of carbonyl (C=O) groups is 1. The summed E-state index contributed by atoms with van der Waals surface area (Å²) in [4.78, 5) is 35.4. The van der Waals surface area contributed by atoms with Gasteiger partial charge in [0.25, 0.3) is 5.56 Å². The molecule has 36 heavy (non-hydrogen) atoms. The molecule has 17 heteroatoms. The van der Waals surface area contributed by atoms with E-state index in [1.165, 1.54) is 23.3 Å². The molecule has 5 atom stereocenters. The number of nitrogens with two attached hydrogens (primary N) is 1. The van der Waals surface area contributed by atoms with E-state index in [0.717, 1.165) is 4.90 Å². The Morgan fingerprint density at radius 1 is 1.42 bits per heavy atom. The number of aliphatic hydroxyl groups is 1. The average molecular weight is 555 g/mol. The van der Waals surface area contributed by atoms with Crippen LogP contribution in [0.25, 0.3) is 11.2 Å². The molecule has 2 fully saturated rings. The van der Waals surface area contributed by atoms with Crippen molar-refractivity contribution >= 4 is 61.8 Å². The topological polar surface area (TPSA) is 173 Å². The second-order valence-electron chi connectivity index (χ2n) is 7.79. The number of imidazole rings is 1. The molecule has 2 radical (unpaired) electrons. The normalized spacial score (nSPS) is 27.8. The Labute approximate surface area is 214 Å². The second kappa shape index (κ2) is 9.91. The first-order chi connectivity index (χ1) is 17.1. The first-order valence-electron chi connectivity index (χ1n) is 10.5. The van der Waals surface area contributed by atoms with E-state index in [2.05, 4.69) is 15.0 Å². The van der Waals surface area contributed by atoms with Gasteiger partial charge >= 0.3 is 21.4 Å². The van der Waals surface area contributed by atoms with Crippen LogP contribution in [-0.4, -0.2) is 69.9 Å². The molecule has 4 heterocycles. The highest BCUT2D eigenvalue weighted by Crippen LogP contribution is 2.63. The van der Waals surface area contributed by atoms with Crippen LogP contribution < -0.4 is 11.3 Å². The third kappa shape index (κ3) is 4.98. The van der Waals surface area contributed by atoms with Gasteiger partial charge in [0.05, 0.1) is 0 Å². The van der Waals surface area contributed by atoms with Gasteiger partial charge in [-0.1, -0.05) is 23.4 Å². The van der Waals surface area contributed by atoms with Crippen molar-refractivity contribution in [3.05, 3.63) is 39.6 Å². The highest BCUT2D eigenvalue weighted by Gasteiger charge is 2.59. The number of nitrogens with zero attached hydrogens (tertiary/aromatic N) is 3. The van der Waals surface area contributed by atoms with Crippen LogP contribution >= 0.6 is 31.2 Å². The quantitative estimate of drug-likeness (QED) is 0.174. The summed E-state index contributed by atoms with van der Waals surface area (Å²) in [5.74, 6) is -0.702. The summed E-state index contributed by atoms with van der Waals surface area (Å²) in [6.45, 7) is 0.673. The lowest BCUT2D eigenvalue weighted by molar-refractivity contribution is -0.149. The Morgan fingerprint density at radius 3 is 2.89 bits per heavy atom. The van der Waals surface area contributed by atoms with Crippen LogP contribution in [0.5, 0.6) is 0 Å². The fraction of sp³-hybridized carbons (Fsp3) is 0.368. The number of carbonyl (C=O) groups excluding carboxylic acids is 1. The van der Waals surface area contributed by atoms with Crippen molar-refractivity contribution < 1.29 is 32.9 Å². The van der Waals surface area contributed by atoms with Crippen molar-refractivity contribution in [3.8, 4) is 0 Å². The number of anilines is 1. The van der Waals surface area contributed by atoms with Crippen molar-refractivity contribution in [2.75, 3.05) is 19.1 Å². The van der Waals surface area contributed by atoms with E-state index in [-0.39, 0.29) is 23.7 Å². The maximum absolute atomic E-state index is 12.6. The van der Waals surface area contributed by atoms with Crippen LogP contribution in [0.4, 0.5) is 5.95 Å². The van der Waals surface area contributed by atoms with Gasteiger partial charge in [-0.15, -0.1) is 0 Å². The molecule has 0 saturated carbocycles. The van der Waals surface area contributed by atoms with Crippen molar-refractivity contribution in [2.24, 2.45) is 0 Å². The van der Waals surface area contributed by atoms with Crippen LogP contribution in [0.1, 0.15) is 13.2 Å². The number of hydrogen-bond donors (Lipinski definition) is 3. The molecular formula is C19H19BClN5O8PS+. The van der Waals surface area contributed by atoms with Crippen molar-refractivity contribution in [1.82, 2.24) is 19.5 Å². The lowest BCUT2D eigenvalue weighted by atomic mass is 10.1. The maximum atomic E-state index is 12.6. The number of aliphatic hydroxyl groups excluding tert-OH is 1. The van der Waals surface area contributed by atoms with Crippen LogP contribution in [-0.2, 0) is 27.8 Å². The number of benzene rings is 1. The predicted molar refractivity (Wildman–Crippen MR) is 129 cm³/mol. The number of H-pyrrole nitrogens is 1. The van der Waals surface area contributed by atoms with Crippen molar-refractivity contribution in [1.29, 1.82) is 0 Å². The van der Waals surface area contributed by atoms with Gasteiger partial charge in [0.2, 0.25) is 12.7 Å². The summed E-state index contributed by atoms with van der Waals surface area (Å²) in [7, 11) is 2.66. The molecule has 1 unspecified atom stereocenters. The summed E-state index contributed by atoms with van der Waals surface area (Å²) in [6.07, 6.45) is -4.06. The minimum absolute atomic E-state index is 0.00823. The second-order valence-corrected chi connectivity index (χ2v) is 11.1. The van der Waals surface area contributed by atoms with Gasteiger partial charge in [-0.2, -0.15) is 18.6 Å². The van der Waals surface area contributed by atoms with E-state index in [1.807, 2.05) is 0 Å². The summed E-state index contributed by atoms with van der Waals surface area (Å²) in [5, 5.41) is 12.1. The van der Waals surface area contributed by atoms with Gasteiger partial charge < -0.3 is 20.3 Å². The molecule has 0 bridgehead atoms. The van der Waals surface area contributed by atoms with Gasteiger partial charge in [0, 0.05) is 16.8 Å². The summed E-state index contributed by atoms with van der Waals surface area (Å²) >= 11 is 7.20. The van der Waals surface area contributed by atoms with Crippen LogP contribution in [0.15, 0.2) is 39.1 Å². The Balaban J connectivity index is 1.48. The number of hydrogen-bond acceptors (Lipinski definition) is 12. The number of halogens is 1. The molecule has 5 rings (SSSR count). The smallest absolute Gasteiger partial charge is 0.434 e. The molecule has 0 amide bonds. The first kappa shape index (κ1) is 25.4. The lowest BCUT2D eigenvalue weighted by Crippen LogP contribution is -2.41. The minimum atomic E-state index is -3.42. The molecule has 13 nitrogen and oxygen atoms in total. The number of fused-ring (bicyclic) bond motifs is 2. The Bertz CT molecular complexity index is 1360. The monoisotopic (exact) mass is 554 g/mol. The molecule has 0 aliphatic carbocycles. The fourth-order valence-electron chi connectivity index (χ4n) is 3.72. The van der Waals surface area contributed by atoms with E-state index >= 15 is 0 Å². The van der Waals surface area contributed by atoms with E-state index in [1.54, 1.807) is 24.3 Å². The van der Waals surface area contributed by atoms with Crippen molar-refractivity contribution in [2.45, 2.75) is 41.5 Å². The Kier molecular flexibility index (Phi) is 7.00. The van der Waals surface area contributed by atoms with E-state index in [9.17, 15) is 14.7 Å². The zero-order chi connectivity index (χ0) is 25.6. The van der Waals surface area contributed by atoms with Crippen LogP contribution in [0.2, 0.25) is 5.02 Å². The van der Waals surface area contributed by atoms with Gasteiger partial charge in [0.15, 0.2) is 28.7 Å². The van der Waals surface area contributed by atoms with Crippen LogP contribution in [0.3, 0.4) is 0 Å². The van der Waals surface area contributed by atoms with Crippen LogP contribution in [0, 0.1) is 0 Å². The van der Waals surface area contributed by atoms with Gasteiger partial charge in [0.1, 0.15) is 18.8 Å². The largest absolute Gasteiger partial charge is 0.488 e. The summed E-state index contributed by atoms with van der Waals surface area (Å²) in [6, 6.07) is 6.97. The highest BCUT2D eigenvalue weighted by atomic mass is 35.5. The number of esters is 1. The Hall–Kier alpha value is -2.23. The SMILES string of the molecule is [B][P+]1(OCOC(C)=O)OC[C@H]2O[C@@H](n3c(Sc4ccc(Cl)cc4)nc4c(=O)[nH]c(N)nc43)[C@@H](O)[C@H]2O1. The van der Waals surface area contributed by atoms with Gasteiger partial charge in [-0.25, -0.2) is 4.98 Å². The number of aromatic amines is 1. The number of aromatic nitrogens is 4. The third-order valence-electron chi connectivity index (χ3n) is 5.31. The molecule has 3 aromatic rings. The fourth-order valence-corrected chi connectivity index (χ4v) is 6.10. The molecule has 0 spiro atoms. The third-order valence-corrected chi connectivity index (χ3v) is 8.05. The molecule has 2 aromatic heterocycles. The van der Waals surface area contributed by atoms with Crippen molar-refractivity contribution in [3.63, 3.8) is 0 Å². The predicted octanol–water partition coefficient (Wildman–Crippen LogP) is 1.56. The zero-order valence-corrected chi connectivity index (χ0v) is 21.0. The molecule has 2 aliphatic rings. The van der Waals surface area contributed by atoms with E-state index < -0.39 is 50.7 Å².